The van der Waals surface area contributed by atoms with E-state index in [1.807, 2.05) is 12.4 Å². The third-order valence-corrected chi connectivity index (χ3v) is 10.1. The van der Waals surface area contributed by atoms with Crippen molar-refractivity contribution in [3.05, 3.63) is 192 Å². The fourth-order valence-electron chi connectivity index (χ4n) is 8.11. The van der Waals surface area contributed by atoms with Crippen LogP contribution in [0.25, 0.3) is 61.2 Å². The second-order valence-corrected chi connectivity index (χ2v) is 12.4. The van der Waals surface area contributed by atoms with E-state index >= 15 is 0 Å². The Bertz CT molecular complexity index is 2420. The minimum absolute atomic E-state index is 0.395. The van der Waals surface area contributed by atoms with Crippen LogP contribution in [0, 0.1) is 0 Å². The lowest BCUT2D eigenvalue weighted by atomic mass is 9.70. The topological polar surface area (TPSA) is 17.8 Å². The zero-order valence-corrected chi connectivity index (χ0v) is 25.1. The van der Waals surface area contributed by atoms with E-state index in [9.17, 15) is 0 Å². The van der Waals surface area contributed by atoms with Crippen LogP contribution < -0.4 is 0 Å². The van der Waals surface area contributed by atoms with E-state index in [2.05, 4.69) is 167 Å². The molecule has 1 heterocycles. The molecule has 46 heavy (non-hydrogen) atoms. The van der Waals surface area contributed by atoms with Crippen molar-refractivity contribution in [3.8, 4) is 50.2 Å². The first-order valence-electron chi connectivity index (χ1n) is 15.9. The average Bonchev–Trinajstić information content (AvgIpc) is 3.79. The van der Waals surface area contributed by atoms with Crippen molar-refractivity contribution in [1.29, 1.82) is 0 Å². The average molecular weight is 585 g/mol. The second-order valence-electron chi connectivity index (χ2n) is 12.4. The summed E-state index contributed by atoms with van der Waals surface area (Å²) in [5, 5.41) is 0. The van der Waals surface area contributed by atoms with E-state index < -0.39 is 5.41 Å². The minimum atomic E-state index is -0.395. The van der Waals surface area contributed by atoms with Gasteiger partial charge in [0.05, 0.1) is 16.4 Å². The Kier molecular flexibility index (Phi) is 5.24. The summed E-state index contributed by atoms with van der Waals surface area (Å²) >= 11 is 0. The van der Waals surface area contributed by atoms with E-state index in [4.69, 9.17) is 0 Å². The van der Waals surface area contributed by atoms with Gasteiger partial charge < -0.3 is 0 Å². The largest absolute Gasteiger partial charge is 0.299 e. The molecule has 2 aliphatic carbocycles. The number of hydrogen-bond acceptors (Lipinski definition) is 1. The Morgan fingerprint density at radius 1 is 0.391 bits per heavy atom. The molecular formula is C44H28N2. The summed E-state index contributed by atoms with van der Waals surface area (Å²) < 4.78 is 2.16. The smallest absolute Gasteiger partial charge is 0.100 e. The highest BCUT2D eigenvalue weighted by atomic mass is 15.0. The molecule has 0 atom stereocenters. The van der Waals surface area contributed by atoms with Crippen LogP contribution >= 0.6 is 0 Å². The highest BCUT2D eigenvalue weighted by Gasteiger charge is 2.51. The van der Waals surface area contributed by atoms with Crippen molar-refractivity contribution in [2.75, 3.05) is 0 Å². The van der Waals surface area contributed by atoms with Crippen molar-refractivity contribution in [3.63, 3.8) is 0 Å². The molecule has 0 saturated heterocycles. The molecule has 214 valence electrons. The fourth-order valence-corrected chi connectivity index (χ4v) is 8.11. The maximum atomic E-state index is 4.60. The van der Waals surface area contributed by atoms with Crippen LogP contribution in [-0.4, -0.2) is 9.55 Å². The zero-order chi connectivity index (χ0) is 30.2. The van der Waals surface area contributed by atoms with Gasteiger partial charge in [0.1, 0.15) is 6.33 Å². The molecule has 8 aromatic rings. The zero-order valence-electron chi connectivity index (χ0n) is 25.1. The molecule has 1 spiro atoms. The van der Waals surface area contributed by atoms with Crippen LogP contribution in [0.5, 0.6) is 0 Å². The molecule has 0 saturated carbocycles. The van der Waals surface area contributed by atoms with Crippen molar-refractivity contribution < 1.29 is 0 Å². The molecule has 2 nitrogen and oxygen atoms in total. The summed E-state index contributed by atoms with van der Waals surface area (Å²) in [4.78, 5) is 4.60. The minimum Gasteiger partial charge on any atom is -0.299 e. The molecular weight excluding hydrogens is 556 g/mol. The number of nitrogens with zero attached hydrogens (tertiary/aromatic N) is 2. The van der Waals surface area contributed by atoms with Crippen LogP contribution in [0.4, 0.5) is 0 Å². The lowest BCUT2D eigenvalue weighted by molar-refractivity contribution is 0.794. The Hall–Kier alpha value is -5.99. The number of benzene rings is 7. The van der Waals surface area contributed by atoms with Gasteiger partial charge in [-0.15, -0.1) is 0 Å². The van der Waals surface area contributed by atoms with E-state index in [1.165, 1.54) is 66.8 Å². The third-order valence-electron chi connectivity index (χ3n) is 10.1. The molecule has 0 N–H and O–H groups in total. The van der Waals surface area contributed by atoms with Crippen LogP contribution in [0.2, 0.25) is 0 Å². The number of para-hydroxylation sites is 2. The molecule has 2 aliphatic rings. The van der Waals surface area contributed by atoms with Crippen molar-refractivity contribution in [2.45, 2.75) is 5.41 Å². The number of imidazole rings is 1. The predicted octanol–water partition coefficient (Wildman–Crippen LogP) is 10.7. The molecule has 7 aromatic carbocycles. The predicted molar refractivity (Wildman–Crippen MR) is 188 cm³/mol. The molecule has 0 radical (unpaired) electrons. The maximum Gasteiger partial charge on any atom is 0.100 e. The lowest BCUT2D eigenvalue weighted by Gasteiger charge is -2.31. The highest BCUT2D eigenvalue weighted by Crippen LogP contribution is 2.63. The molecule has 0 bridgehead atoms. The monoisotopic (exact) mass is 584 g/mol. The molecule has 10 rings (SSSR count). The van der Waals surface area contributed by atoms with Gasteiger partial charge >= 0.3 is 0 Å². The molecule has 0 unspecified atom stereocenters. The first-order chi connectivity index (χ1) is 22.8. The Morgan fingerprint density at radius 3 is 1.54 bits per heavy atom. The molecule has 0 amide bonds. The normalized spacial score (nSPS) is 13.4. The van der Waals surface area contributed by atoms with Crippen LogP contribution in [-0.2, 0) is 5.41 Å². The standard InChI is InChI=1S/C44H28N2/c1-2-10-29(11-3-1)31-20-24-36-37-25-21-32(30-18-22-33(23-19-30)46-28-45-42-16-8-9-17-43(42)46)27-41(37)44(40(36)26-31)38-14-6-4-12-34(38)35-13-5-7-15-39(35)44/h1-28H. The van der Waals surface area contributed by atoms with E-state index in [0.29, 0.717) is 0 Å². The Balaban J connectivity index is 1.19. The number of hydrogen-bond donors (Lipinski definition) is 0. The van der Waals surface area contributed by atoms with Gasteiger partial charge in [0.2, 0.25) is 0 Å². The van der Waals surface area contributed by atoms with Gasteiger partial charge in [0, 0.05) is 5.69 Å². The van der Waals surface area contributed by atoms with Crippen molar-refractivity contribution in [1.82, 2.24) is 9.55 Å². The van der Waals surface area contributed by atoms with Gasteiger partial charge in [0.25, 0.3) is 0 Å². The summed E-state index contributed by atoms with van der Waals surface area (Å²) in [6, 6.07) is 60.1. The number of aromatic nitrogens is 2. The summed E-state index contributed by atoms with van der Waals surface area (Å²) in [7, 11) is 0. The maximum absolute atomic E-state index is 4.60. The first kappa shape index (κ1) is 25.3. The lowest BCUT2D eigenvalue weighted by Crippen LogP contribution is -2.26. The Morgan fingerprint density at radius 2 is 0.891 bits per heavy atom. The van der Waals surface area contributed by atoms with Gasteiger partial charge in [-0.3, -0.25) is 4.57 Å². The van der Waals surface area contributed by atoms with Gasteiger partial charge in [-0.2, -0.15) is 0 Å². The van der Waals surface area contributed by atoms with E-state index in [0.717, 1.165) is 16.7 Å². The quantitative estimate of drug-likeness (QED) is 0.202. The van der Waals surface area contributed by atoms with Crippen molar-refractivity contribution >= 4 is 11.0 Å². The van der Waals surface area contributed by atoms with Gasteiger partial charge in [-0.05, 0) is 103 Å². The van der Waals surface area contributed by atoms with Crippen LogP contribution in [0.1, 0.15) is 22.3 Å². The molecule has 1 aromatic heterocycles. The summed E-state index contributed by atoms with van der Waals surface area (Å²) in [5.74, 6) is 0. The number of rotatable bonds is 3. The molecule has 2 heteroatoms. The summed E-state index contributed by atoms with van der Waals surface area (Å²) in [6.07, 6.45) is 1.91. The molecule has 0 aliphatic heterocycles. The van der Waals surface area contributed by atoms with Crippen LogP contribution in [0.3, 0.4) is 0 Å². The van der Waals surface area contributed by atoms with Gasteiger partial charge in [-0.25, -0.2) is 4.98 Å². The second kappa shape index (κ2) is 9.50. The first-order valence-corrected chi connectivity index (χ1v) is 15.9. The van der Waals surface area contributed by atoms with Gasteiger partial charge in [-0.1, -0.05) is 127 Å². The Labute approximate surface area is 267 Å². The summed E-state index contributed by atoms with van der Waals surface area (Å²) in [6.45, 7) is 0. The van der Waals surface area contributed by atoms with Gasteiger partial charge in [0.15, 0.2) is 0 Å². The van der Waals surface area contributed by atoms with E-state index in [-0.39, 0.29) is 0 Å². The highest BCUT2D eigenvalue weighted by molar-refractivity contribution is 5.96. The van der Waals surface area contributed by atoms with Crippen LogP contribution in [0.15, 0.2) is 170 Å². The van der Waals surface area contributed by atoms with E-state index in [1.54, 1.807) is 0 Å². The number of fused-ring (bicyclic) bond motifs is 11. The third kappa shape index (κ3) is 3.39. The molecule has 0 fully saturated rings. The summed E-state index contributed by atoms with van der Waals surface area (Å²) in [5.41, 5.74) is 18.4. The SMILES string of the molecule is c1ccc(-c2ccc3c(c2)C2(c4ccccc4-c4ccccc42)c2cc(-c4ccc(-n5cnc6ccccc65)cc4)ccc2-3)cc1. The fraction of sp³-hybridized carbons (Fsp3) is 0.0227. The van der Waals surface area contributed by atoms with Crippen molar-refractivity contribution in [2.24, 2.45) is 0 Å².